The predicted molar refractivity (Wildman–Crippen MR) is 130 cm³/mol. The Kier molecular flexibility index (Phi) is 6.12. The van der Waals surface area contributed by atoms with Crippen molar-refractivity contribution >= 4 is 22.7 Å². The highest BCUT2D eigenvalue weighted by atomic mass is 16.2. The van der Waals surface area contributed by atoms with E-state index in [4.69, 9.17) is 0 Å². The van der Waals surface area contributed by atoms with E-state index in [-0.39, 0.29) is 17.9 Å². The minimum atomic E-state index is 0.107. The van der Waals surface area contributed by atoms with Crippen molar-refractivity contribution in [1.29, 1.82) is 0 Å². The van der Waals surface area contributed by atoms with Gasteiger partial charge in [0.05, 0.1) is 11.1 Å². The summed E-state index contributed by atoms with van der Waals surface area (Å²) in [7, 11) is 0. The minimum absolute atomic E-state index is 0.107. The lowest BCUT2D eigenvalue weighted by Gasteiger charge is -2.47. The fraction of sp³-hybridized carbons (Fsp3) is 0.393. The van der Waals surface area contributed by atoms with Gasteiger partial charge < -0.3 is 9.80 Å². The molecule has 33 heavy (non-hydrogen) atoms. The lowest BCUT2D eigenvalue weighted by molar-refractivity contribution is -0.134. The Morgan fingerprint density at radius 3 is 2.64 bits per heavy atom. The Morgan fingerprint density at radius 1 is 1.00 bits per heavy atom. The number of pyridine rings is 1. The Bertz CT molecular complexity index is 1160. The van der Waals surface area contributed by atoms with Crippen LogP contribution < -0.4 is 0 Å². The van der Waals surface area contributed by atoms with E-state index in [0.29, 0.717) is 12.3 Å². The van der Waals surface area contributed by atoms with E-state index in [2.05, 4.69) is 22.0 Å². The molecule has 2 saturated heterocycles. The van der Waals surface area contributed by atoms with E-state index in [1.54, 1.807) is 0 Å². The fourth-order valence-corrected chi connectivity index (χ4v) is 5.58. The smallest absolute Gasteiger partial charge is 0.254 e. The molecule has 1 aromatic heterocycles. The number of aryl methyl sites for hydroxylation is 2. The Hall–Kier alpha value is -3.21. The normalized spacial score (nSPS) is 20.5. The Balaban J connectivity index is 1.28. The molecule has 2 atom stereocenters. The summed E-state index contributed by atoms with van der Waals surface area (Å²) < 4.78 is 0. The molecule has 2 amide bonds. The standard InChI is InChI=1S/C28H31N3O2/c1-20-18-24(23-11-5-6-12-25(23)29-20)28(33)31-16-7-10-22-19-30(17-15-26(22)31)27(32)14-13-21-8-3-2-4-9-21/h2-6,8-9,11-12,18,22,26H,7,10,13-17,19H2,1H3/t22-,26-/m1/s1. The van der Waals surface area contributed by atoms with Crippen molar-refractivity contribution < 1.29 is 9.59 Å². The molecule has 2 aliphatic rings. The summed E-state index contributed by atoms with van der Waals surface area (Å²) in [6.45, 7) is 4.23. The number of amides is 2. The van der Waals surface area contributed by atoms with Gasteiger partial charge in [-0.05, 0) is 56.2 Å². The third-order valence-electron chi connectivity index (χ3n) is 7.23. The summed E-state index contributed by atoms with van der Waals surface area (Å²) in [5.74, 6) is 0.693. The number of fused-ring (bicyclic) bond motifs is 2. The number of rotatable bonds is 4. The van der Waals surface area contributed by atoms with Gasteiger partial charge in [0, 0.05) is 43.2 Å². The van der Waals surface area contributed by atoms with Crippen LogP contribution in [0.1, 0.15) is 47.3 Å². The maximum atomic E-state index is 13.7. The molecule has 5 nitrogen and oxygen atoms in total. The lowest BCUT2D eigenvalue weighted by atomic mass is 9.83. The molecule has 0 radical (unpaired) electrons. The van der Waals surface area contributed by atoms with Crippen molar-refractivity contribution in [2.24, 2.45) is 5.92 Å². The molecule has 5 heteroatoms. The first-order valence-electron chi connectivity index (χ1n) is 12.1. The van der Waals surface area contributed by atoms with Crippen LogP contribution >= 0.6 is 0 Å². The zero-order chi connectivity index (χ0) is 22.8. The van der Waals surface area contributed by atoms with Crippen LogP contribution in [-0.4, -0.2) is 52.3 Å². The SMILES string of the molecule is Cc1cc(C(=O)N2CCC[C@@H]3CN(C(=O)CCc4ccccc4)CC[C@H]32)c2ccccc2n1. The van der Waals surface area contributed by atoms with E-state index in [9.17, 15) is 9.59 Å². The van der Waals surface area contributed by atoms with Crippen LogP contribution in [0.2, 0.25) is 0 Å². The molecule has 3 heterocycles. The average molecular weight is 442 g/mol. The quantitative estimate of drug-likeness (QED) is 0.593. The summed E-state index contributed by atoms with van der Waals surface area (Å²) in [4.78, 5) is 35.3. The Morgan fingerprint density at radius 2 is 1.79 bits per heavy atom. The van der Waals surface area contributed by atoms with E-state index in [1.165, 1.54) is 5.56 Å². The van der Waals surface area contributed by atoms with E-state index in [0.717, 1.165) is 67.5 Å². The van der Waals surface area contributed by atoms with E-state index >= 15 is 0 Å². The minimum Gasteiger partial charge on any atom is -0.342 e. The molecule has 3 aromatic rings. The maximum Gasteiger partial charge on any atom is 0.254 e. The van der Waals surface area contributed by atoms with Gasteiger partial charge in [-0.15, -0.1) is 0 Å². The maximum absolute atomic E-state index is 13.7. The second-order valence-electron chi connectivity index (χ2n) is 9.41. The van der Waals surface area contributed by atoms with Crippen molar-refractivity contribution in [3.63, 3.8) is 0 Å². The number of hydrogen-bond donors (Lipinski definition) is 0. The van der Waals surface area contributed by atoms with Crippen LogP contribution in [0.4, 0.5) is 0 Å². The molecule has 2 aromatic carbocycles. The third-order valence-corrected chi connectivity index (χ3v) is 7.23. The first-order valence-corrected chi connectivity index (χ1v) is 12.1. The molecular weight excluding hydrogens is 410 g/mol. The topological polar surface area (TPSA) is 53.5 Å². The van der Waals surface area contributed by atoms with Crippen molar-refractivity contribution in [2.45, 2.75) is 45.1 Å². The summed E-state index contributed by atoms with van der Waals surface area (Å²) in [5.41, 5.74) is 3.69. The largest absolute Gasteiger partial charge is 0.342 e. The molecule has 0 aliphatic carbocycles. The third kappa shape index (κ3) is 4.50. The number of aromatic nitrogens is 1. The Labute approximate surface area is 195 Å². The molecule has 0 spiro atoms. The molecular formula is C28H31N3O2. The highest BCUT2D eigenvalue weighted by Gasteiger charge is 2.39. The van der Waals surface area contributed by atoms with Gasteiger partial charge in [-0.25, -0.2) is 0 Å². The fourth-order valence-electron chi connectivity index (χ4n) is 5.58. The molecule has 2 fully saturated rings. The van der Waals surface area contributed by atoms with Gasteiger partial charge in [-0.3, -0.25) is 14.6 Å². The second kappa shape index (κ2) is 9.34. The number of carbonyl (C=O) groups is 2. The first kappa shape index (κ1) is 21.6. The van der Waals surface area contributed by atoms with Crippen molar-refractivity contribution in [2.75, 3.05) is 19.6 Å². The number of benzene rings is 2. The molecule has 0 N–H and O–H groups in total. The summed E-state index contributed by atoms with van der Waals surface area (Å²) >= 11 is 0. The lowest BCUT2D eigenvalue weighted by Crippen LogP contribution is -2.56. The highest BCUT2D eigenvalue weighted by molar-refractivity contribution is 6.06. The van der Waals surface area contributed by atoms with Gasteiger partial charge in [0.1, 0.15) is 0 Å². The molecule has 5 rings (SSSR count). The number of para-hydroxylation sites is 1. The van der Waals surface area contributed by atoms with Gasteiger partial charge >= 0.3 is 0 Å². The van der Waals surface area contributed by atoms with Crippen LogP contribution in [-0.2, 0) is 11.2 Å². The van der Waals surface area contributed by atoms with Crippen LogP contribution in [0, 0.1) is 12.8 Å². The zero-order valence-corrected chi connectivity index (χ0v) is 19.2. The first-order chi connectivity index (χ1) is 16.1. The molecule has 2 aliphatic heterocycles. The number of nitrogens with zero attached hydrogens (tertiary/aromatic N) is 3. The number of piperidine rings is 2. The van der Waals surface area contributed by atoms with Crippen LogP contribution in [0.3, 0.4) is 0 Å². The van der Waals surface area contributed by atoms with Gasteiger partial charge in [0.2, 0.25) is 5.91 Å². The number of likely N-dealkylation sites (tertiary alicyclic amines) is 2. The van der Waals surface area contributed by atoms with Crippen molar-refractivity contribution in [3.05, 3.63) is 77.5 Å². The second-order valence-corrected chi connectivity index (χ2v) is 9.41. The molecule has 170 valence electrons. The van der Waals surface area contributed by atoms with Crippen molar-refractivity contribution in [3.8, 4) is 0 Å². The summed E-state index contributed by atoms with van der Waals surface area (Å²) in [5, 5.41) is 0.920. The molecule has 0 saturated carbocycles. The van der Waals surface area contributed by atoms with Gasteiger partial charge in [0.15, 0.2) is 0 Å². The van der Waals surface area contributed by atoms with Gasteiger partial charge in [-0.1, -0.05) is 48.5 Å². The van der Waals surface area contributed by atoms with Gasteiger partial charge in [-0.2, -0.15) is 0 Å². The van der Waals surface area contributed by atoms with Crippen LogP contribution in [0.25, 0.3) is 10.9 Å². The number of carbonyl (C=O) groups excluding carboxylic acids is 2. The van der Waals surface area contributed by atoms with Crippen molar-refractivity contribution in [1.82, 2.24) is 14.8 Å². The molecule has 0 unspecified atom stereocenters. The zero-order valence-electron chi connectivity index (χ0n) is 19.2. The van der Waals surface area contributed by atoms with E-state index in [1.807, 2.05) is 60.4 Å². The van der Waals surface area contributed by atoms with Crippen LogP contribution in [0.15, 0.2) is 60.7 Å². The average Bonchev–Trinajstić information content (AvgIpc) is 2.86. The highest BCUT2D eigenvalue weighted by Crippen LogP contribution is 2.33. The monoisotopic (exact) mass is 441 g/mol. The van der Waals surface area contributed by atoms with E-state index < -0.39 is 0 Å². The van der Waals surface area contributed by atoms with Gasteiger partial charge in [0.25, 0.3) is 5.91 Å². The summed E-state index contributed by atoms with van der Waals surface area (Å²) in [6.07, 6.45) is 4.25. The number of hydrogen-bond acceptors (Lipinski definition) is 3. The predicted octanol–water partition coefficient (Wildman–Crippen LogP) is 4.63. The summed E-state index contributed by atoms with van der Waals surface area (Å²) in [6, 6.07) is 20.2. The molecule has 0 bridgehead atoms. The van der Waals surface area contributed by atoms with Crippen LogP contribution in [0.5, 0.6) is 0 Å².